The van der Waals surface area contributed by atoms with Crippen molar-refractivity contribution in [1.82, 2.24) is 0 Å². The molecule has 5 nitrogen and oxygen atoms in total. The van der Waals surface area contributed by atoms with E-state index in [1.54, 1.807) is 0 Å². The molecule has 0 aliphatic carbocycles. The molecule has 0 amide bonds. The maximum absolute atomic E-state index is 11.8. The van der Waals surface area contributed by atoms with Gasteiger partial charge in [-0.25, -0.2) is 4.79 Å². The topological polar surface area (TPSA) is 49.2 Å². The van der Waals surface area contributed by atoms with Crippen LogP contribution in [-0.2, 0) is 14.3 Å². The first-order valence-corrected chi connectivity index (χ1v) is 7.44. The van der Waals surface area contributed by atoms with Crippen LogP contribution in [0.15, 0.2) is 24.3 Å². The lowest BCUT2D eigenvalue weighted by molar-refractivity contribution is -0.910. The highest BCUT2D eigenvalue weighted by molar-refractivity contribution is 5.71. The quantitative estimate of drug-likeness (QED) is 0.763. The van der Waals surface area contributed by atoms with Gasteiger partial charge in [0.25, 0.3) is 0 Å². The van der Waals surface area contributed by atoms with Crippen molar-refractivity contribution >= 4 is 5.97 Å². The summed E-state index contributed by atoms with van der Waals surface area (Å²) in [6, 6.07) is 7.63. The summed E-state index contributed by atoms with van der Waals surface area (Å²) in [6.07, 6.45) is -0.105. The van der Waals surface area contributed by atoms with Crippen molar-refractivity contribution in [2.75, 3.05) is 39.5 Å². The third kappa shape index (κ3) is 5.36. The summed E-state index contributed by atoms with van der Waals surface area (Å²) in [5, 5.41) is 0. The van der Waals surface area contributed by atoms with Gasteiger partial charge in [0.15, 0.2) is 6.61 Å². The van der Waals surface area contributed by atoms with Crippen LogP contribution in [0.1, 0.15) is 12.5 Å². The molecule has 0 spiro atoms. The molecule has 0 aromatic heterocycles. The van der Waals surface area contributed by atoms with Crippen molar-refractivity contribution in [1.29, 1.82) is 0 Å². The van der Waals surface area contributed by atoms with E-state index in [4.69, 9.17) is 14.2 Å². The Balaban J connectivity index is 1.70. The van der Waals surface area contributed by atoms with Gasteiger partial charge in [-0.2, -0.15) is 0 Å². The number of benzene rings is 1. The highest BCUT2D eigenvalue weighted by Crippen LogP contribution is 2.15. The Kier molecular flexibility index (Phi) is 6.02. The number of rotatable bonds is 6. The molecule has 2 rings (SSSR count). The predicted molar refractivity (Wildman–Crippen MR) is 78.6 cm³/mol. The van der Waals surface area contributed by atoms with Crippen molar-refractivity contribution in [2.45, 2.75) is 20.0 Å². The number of hydrogen-bond acceptors (Lipinski definition) is 4. The Morgan fingerprint density at radius 1 is 1.33 bits per heavy atom. The van der Waals surface area contributed by atoms with Gasteiger partial charge >= 0.3 is 5.97 Å². The second-order valence-corrected chi connectivity index (χ2v) is 5.42. The van der Waals surface area contributed by atoms with Crippen molar-refractivity contribution < 1.29 is 23.9 Å². The highest BCUT2D eigenvalue weighted by atomic mass is 16.6. The number of carbonyl (C=O) groups is 1. The third-order valence-electron chi connectivity index (χ3n) is 3.55. The van der Waals surface area contributed by atoms with E-state index in [-0.39, 0.29) is 18.7 Å². The summed E-state index contributed by atoms with van der Waals surface area (Å²) >= 11 is 0. The smallest absolute Gasteiger partial charge is 0.344 e. The fourth-order valence-corrected chi connectivity index (χ4v) is 2.43. The van der Waals surface area contributed by atoms with E-state index in [2.05, 4.69) is 0 Å². The first kappa shape index (κ1) is 15.8. The third-order valence-corrected chi connectivity index (χ3v) is 3.55. The van der Waals surface area contributed by atoms with E-state index < -0.39 is 0 Å². The Bertz CT molecular complexity index is 457. The summed E-state index contributed by atoms with van der Waals surface area (Å²) in [5.41, 5.74) is 1.01. The van der Waals surface area contributed by atoms with Crippen LogP contribution in [0, 0.1) is 6.92 Å². The van der Waals surface area contributed by atoms with Gasteiger partial charge in [0.05, 0.1) is 13.2 Å². The monoisotopic (exact) mass is 294 g/mol. The first-order valence-electron chi connectivity index (χ1n) is 7.44. The van der Waals surface area contributed by atoms with Crippen LogP contribution in [0.5, 0.6) is 5.75 Å². The van der Waals surface area contributed by atoms with Crippen molar-refractivity contribution in [2.24, 2.45) is 0 Å². The van der Waals surface area contributed by atoms with Gasteiger partial charge in [-0.15, -0.1) is 0 Å². The molecular formula is C16H24NO4+. The lowest BCUT2D eigenvalue weighted by Gasteiger charge is -2.26. The molecule has 1 aromatic carbocycles. The van der Waals surface area contributed by atoms with E-state index in [1.807, 2.05) is 38.1 Å². The number of para-hydroxylation sites is 1. The van der Waals surface area contributed by atoms with Crippen LogP contribution in [0.4, 0.5) is 0 Å². The maximum atomic E-state index is 11.8. The number of nitrogens with one attached hydrogen (secondary N) is 1. The van der Waals surface area contributed by atoms with Crippen LogP contribution in [0.3, 0.4) is 0 Å². The molecular weight excluding hydrogens is 270 g/mol. The van der Waals surface area contributed by atoms with Crippen molar-refractivity contribution in [3.05, 3.63) is 29.8 Å². The zero-order valence-corrected chi connectivity index (χ0v) is 12.8. The van der Waals surface area contributed by atoms with E-state index >= 15 is 0 Å². The molecule has 116 valence electrons. The molecule has 1 N–H and O–H groups in total. The number of ether oxygens (including phenoxy) is 3. The van der Waals surface area contributed by atoms with E-state index in [0.29, 0.717) is 0 Å². The zero-order chi connectivity index (χ0) is 15.1. The molecule has 1 aliphatic heterocycles. The van der Waals surface area contributed by atoms with E-state index in [1.165, 1.54) is 4.90 Å². The van der Waals surface area contributed by atoms with Gasteiger partial charge in [-0.1, -0.05) is 18.2 Å². The number of quaternary nitrogens is 1. The Labute approximate surface area is 125 Å². The van der Waals surface area contributed by atoms with E-state index in [0.717, 1.165) is 44.2 Å². The number of carbonyl (C=O) groups excluding carboxylic acids is 1. The number of esters is 1. The van der Waals surface area contributed by atoms with Crippen molar-refractivity contribution in [3.8, 4) is 5.75 Å². The average Bonchev–Trinajstić information content (AvgIpc) is 2.47. The minimum atomic E-state index is -0.321. The lowest BCUT2D eigenvalue weighted by Crippen LogP contribution is -3.15. The Morgan fingerprint density at radius 2 is 2.05 bits per heavy atom. The molecule has 0 saturated carbocycles. The van der Waals surface area contributed by atoms with Crippen molar-refractivity contribution in [3.63, 3.8) is 0 Å². The largest absolute Gasteiger partial charge is 0.482 e. The van der Waals surface area contributed by atoms with Crippen LogP contribution in [0.2, 0.25) is 0 Å². The second-order valence-electron chi connectivity index (χ2n) is 5.42. The predicted octanol–water partition coefficient (Wildman–Crippen LogP) is 0.221. The SMILES string of the molecule is Cc1ccccc1OCC(=O)O[C@H](C)C[NH+]1CCOCC1. The van der Waals surface area contributed by atoms with Crippen LogP contribution >= 0.6 is 0 Å². The minimum Gasteiger partial charge on any atom is -0.482 e. The summed E-state index contributed by atoms with van der Waals surface area (Å²) in [4.78, 5) is 13.2. The molecule has 0 bridgehead atoms. The first-order chi connectivity index (χ1) is 10.1. The minimum absolute atomic E-state index is 0.0480. The van der Waals surface area contributed by atoms with Crippen LogP contribution < -0.4 is 9.64 Å². The molecule has 5 heteroatoms. The lowest BCUT2D eigenvalue weighted by atomic mass is 10.2. The fraction of sp³-hybridized carbons (Fsp3) is 0.562. The maximum Gasteiger partial charge on any atom is 0.344 e. The Hall–Kier alpha value is -1.59. The van der Waals surface area contributed by atoms with Gasteiger partial charge in [-0.3, -0.25) is 0 Å². The zero-order valence-electron chi connectivity index (χ0n) is 12.8. The van der Waals surface area contributed by atoms with Gasteiger partial charge in [-0.05, 0) is 25.5 Å². The standard InChI is InChI=1S/C16H23NO4/c1-13-5-3-4-6-15(13)20-12-16(18)21-14(2)11-17-7-9-19-10-8-17/h3-6,14H,7-12H2,1-2H3/p+1/t14-/m1/s1. The normalized spacial score (nSPS) is 17.2. The molecule has 1 fully saturated rings. The van der Waals surface area contributed by atoms with Gasteiger partial charge in [0.1, 0.15) is 31.5 Å². The summed E-state index contributed by atoms with van der Waals surface area (Å²) in [5.74, 6) is 0.402. The van der Waals surface area contributed by atoms with Gasteiger partial charge < -0.3 is 19.1 Å². The molecule has 1 heterocycles. The molecule has 1 aliphatic rings. The molecule has 0 radical (unpaired) electrons. The van der Waals surface area contributed by atoms with Crippen LogP contribution in [0.25, 0.3) is 0 Å². The summed E-state index contributed by atoms with van der Waals surface area (Å²) < 4.78 is 16.2. The average molecular weight is 294 g/mol. The van der Waals surface area contributed by atoms with Gasteiger partial charge in [0.2, 0.25) is 0 Å². The number of hydrogen-bond donors (Lipinski definition) is 1. The fourth-order valence-electron chi connectivity index (χ4n) is 2.43. The molecule has 21 heavy (non-hydrogen) atoms. The summed E-state index contributed by atoms with van der Waals surface area (Å²) in [7, 11) is 0. The summed E-state index contributed by atoms with van der Waals surface area (Å²) in [6.45, 7) is 8.16. The van der Waals surface area contributed by atoms with E-state index in [9.17, 15) is 4.79 Å². The van der Waals surface area contributed by atoms with Gasteiger partial charge in [0, 0.05) is 0 Å². The highest BCUT2D eigenvalue weighted by Gasteiger charge is 2.19. The number of morpholine rings is 1. The van der Waals surface area contributed by atoms with Crippen LogP contribution in [-0.4, -0.2) is 51.5 Å². The molecule has 1 aromatic rings. The Morgan fingerprint density at radius 3 is 2.76 bits per heavy atom. The number of aryl methyl sites for hydroxylation is 1. The molecule has 1 atom stereocenters. The second kappa shape index (κ2) is 8.00. The molecule has 1 saturated heterocycles. The molecule has 0 unspecified atom stereocenters.